The molecule has 1 aromatic heterocycles. The number of amides is 2. The molecule has 2 aromatic carbocycles. The largest absolute Gasteiger partial charge is 0.391 e. The van der Waals surface area contributed by atoms with Gasteiger partial charge in [0.05, 0.1) is 28.2 Å². The topological polar surface area (TPSA) is 90.8 Å². The Kier molecular flexibility index (Phi) is 7.89. The number of carbonyl (C=O) groups excluding carboxylic acids is 3. The molecule has 1 N–H and O–H groups in total. The van der Waals surface area contributed by atoms with Gasteiger partial charge in [-0.25, -0.2) is 4.98 Å². The van der Waals surface area contributed by atoms with Gasteiger partial charge in [-0.3, -0.25) is 14.4 Å². The van der Waals surface area contributed by atoms with E-state index in [0.29, 0.717) is 17.0 Å². The molecule has 2 aliphatic rings. The molecule has 0 unspecified atom stereocenters. The van der Waals surface area contributed by atoms with Crippen molar-refractivity contribution < 1.29 is 19.5 Å². The molecule has 1 saturated heterocycles. The summed E-state index contributed by atoms with van der Waals surface area (Å²) in [6.07, 6.45) is 0.244. The van der Waals surface area contributed by atoms with Crippen molar-refractivity contribution >= 4 is 40.5 Å². The van der Waals surface area contributed by atoms with E-state index in [9.17, 15) is 19.5 Å². The number of β-amino-alcohol motifs (C(OH)–C–C–N with tert-alkyl or cyclic N) is 1. The van der Waals surface area contributed by atoms with Crippen LogP contribution in [0.4, 0.5) is 0 Å². The number of rotatable bonds is 8. The number of aliphatic hydroxyl groups excluding tert-OH is 1. The molecule has 0 spiro atoms. The van der Waals surface area contributed by atoms with Gasteiger partial charge in [-0.05, 0) is 54.2 Å². The summed E-state index contributed by atoms with van der Waals surface area (Å²) in [6, 6.07) is 11.8. The van der Waals surface area contributed by atoms with Crippen LogP contribution in [0, 0.1) is 12.8 Å². The van der Waals surface area contributed by atoms with Crippen LogP contribution >= 0.6 is 22.9 Å². The van der Waals surface area contributed by atoms with Gasteiger partial charge in [-0.15, -0.1) is 11.3 Å². The molecule has 3 heterocycles. The summed E-state index contributed by atoms with van der Waals surface area (Å²) < 4.78 is 0. The summed E-state index contributed by atoms with van der Waals surface area (Å²) in [5.41, 5.74) is 6.29. The number of hydrogen-bond acceptors (Lipinski definition) is 6. The average molecular weight is 566 g/mol. The Bertz CT molecular complexity index is 1400. The zero-order valence-corrected chi connectivity index (χ0v) is 23.8. The van der Waals surface area contributed by atoms with Crippen LogP contribution in [0.5, 0.6) is 0 Å². The number of aromatic nitrogens is 1. The van der Waals surface area contributed by atoms with Gasteiger partial charge < -0.3 is 14.9 Å². The summed E-state index contributed by atoms with van der Waals surface area (Å²) in [4.78, 5) is 49.0. The molecule has 0 saturated carbocycles. The maximum atomic E-state index is 13.9. The van der Waals surface area contributed by atoms with Gasteiger partial charge in [0.25, 0.3) is 5.91 Å². The lowest BCUT2D eigenvalue weighted by Gasteiger charge is -2.35. The molecule has 0 radical (unpaired) electrons. The average Bonchev–Trinajstić information content (AvgIpc) is 3.59. The fourth-order valence-corrected chi connectivity index (χ4v) is 6.69. The predicted molar refractivity (Wildman–Crippen MR) is 152 cm³/mol. The molecule has 2 amide bonds. The molecule has 5 rings (SSSR count). The van der Waals surface area contributed by atoms with E-state index in [1.165, 1.54) is 4.90 Å². The number of Topliss-reactive ketones (excluding diaryl/α,β-unsaturated/α-hetero) is 1. The van der Waals surface area contributed by atoms with Crippen LogP contribution in [0.1, 0.15) is 53.9 Å². The standard InChI is InChI=1S/C30H32ClN3O4S/c1-17(2)27(34-14-21-12-22(31)9-10-24(21)29(34)37)30(38)33-15-23(35)13-25(33)26(36)11-6-19-4-7-20(8-5-19)28-18(3)32-16-39-28/h4-5,7-10,12,16-17,23,25,27,35H,6,11,13-15H2,1-3H3/t23-,25+,27+/m1/s1. The van der Waals surface area contributed by atoms with Crippen LogP contribution in [0.2, 0.25) is 5.02 Å². The van der Waals surface area contributed by atoms with E-state index in [4.69, 9.17) is 11.6 Å². The molecule has 3 atom stereocenters. The number of halogens is 1. The van der Waals surface area contributed by atoms with Crippen molar-refractivity contribution in [2.75, 3.05) is 6.54 Å². The molecule has 0 aliphatic carbocycles. The smallest absolute Gasteiger partial charge is 0.255 e. The normalized spacial score (nSPS) is 19.6. The summed E-state index contributed by atoms with van der Waals surface area (Å²) in [7, 11) is 0. The van der Waals surface area contributed by atoms with Crippen molar-refractivity contribution in [3.05, 3.63) is 75.4 Å². The molecule has 7 nitrogen and oxygen atoms in total. The Morgan fingerprint density at radius 1 is 1.18 bits per heavy atom. The molecule has 1 fully saturated rings. The van der Waals surface area contributed by atoms with E-state index < -0.39 is 18.2 Å². The van der Waals surface area contributed by atoms with Crippen LogP contribution in [0.25, 0.3) is 10.4 Å². The zero-order valence-electron chi connectivity index (χ0n) is 22.3. The number of ketones is 1. The molecule has 0 bridgehead atoms. The van der Waals surface area contributed by atoms with Crippen LogP contribution in [-0.4, -0.2) is 62.2 Å². The Hall–Kier alpha value is -3.07. The molecular weight excluding hydrogens is 534 g/mol. The Labute approximate surface area is 237 Å². The first-order chi connectivity index (χ1) is 18.6. The number of likely N-dealkylation sites (tertiary alicyclic amines) is 1. The zero-order chi connectivity index (χ0) is 27.8. The second-order valence-corrected chi connectivity index (χ2v) is 12.0. The number of hydrogen-bond donors (Lipinski definition) is 1. The molecular formula is C30H32ClN3O4S. The van der Waals surface area contributed by atoms with Gasteiger partial charge in [0.15, 0.2) is 5.78 Å². The Morgan fingerprint density at radius 2 is 1.92 bits per heavy atom. The lowest BCUT2D eigenvalue weighted by atomic mass is 9.98. The van der Waals surface area contributed by atoms with Gasteiger partial charge >= 0.3 is 0 Å². The minimum absolute atomic E-state index is 0.0763. The molecule has 39 heavy (non-hydrogen) atoms. The molecule has 3 aromatic rings. The Morgan fingerprint density at radius 3 is 2.59 bits per heavy atom. The van der Waals surface area contributed by atoms with Gasteiger partial charge in [-0.2, -0.15) is 0 Å². The number of benzene rings is 2. The minimum Gasteiger partial charge on any atom is -0.391 e. The highest BCUT2D eigenvalue weighted by Crippen LogP contribution is 2.32. The van der Waals surface area contributed by atoms with Gasteiger partial charge in [0.1, 0.15) is 6.04 Å². The van der Waals surface area contributed by atoms with E-state index in [1.807, 2.05) is 50.5 Å². The van der Waals surface area contributed by atoms with Crippen molar-refractivity contribution in [2.45, 2.75) is 64.8 Å². The highest BCUT2D eigenvalue weighted by molar-refractivity contribution is 7.13. The van der Waals surface area contributed by atoms with E-state index in [0.717, 1.165) is 27.3 Å². The van der Waals surface area contributed by atoms with E-state index in [2.05, 4.69) is 4.98 Å². The van der Waals surface area contributed by atoms with E-state index in [-0.39, 0.29) is 49.4 Å². The fourth-order valence-electron chi connectivity index (χ4n) is 5.68. The maximum Gasteiger partial charge on any atom is 0.255 e. The number of carbonyl (C=O) groups is 3. The molecule has 9 heteroatoms. The number of thiazole rings is 1. The summed E-state index contributed by atoms with van der Waals surface area (Å²) in [6.45, 7) is 6.15. The summed E-state index contributed by atoms with van der Waals surface area (Å²) in [5, 5.41) is 11.0. The van der Waals surface area contributed by atoms with Crippen LogP contribution in [0.15, 0.2) is 48.0 Å². The third-order valence-corrected chi connectivity index (χ3v) is 8.89. The van der Waals surface area contributed by atoms with Crippen LogP contribution < -0.4 is 0 Å². The lowest BCUT2D eigenvalue weighted by Crippen LogP contribution is -2.54. The first-order valence-electron chi connectivity index (χ1n) is 13.2. The van der Waals surface area contributed by atoms with Crippen molar-refractivity contribution in [1.29, 1.82) is 0 Å². The first kappa shape index (κ1) is 27.5. The van der Waals surface area contributed by atoms with Gasteiger partial charge in [-0.1, -0.05) is 49.7 Å². The van der Waals surface area contributed by atoms with E-state index >= 15 is 0 Å². The van der Waals surface area contributed by atoms with Gasteiger partial charge in [0.2, 0.25) is 5.91 Å². The fraction of sp³-hybridized carbons (Fsp3) is 0.400. The number of aliphatic hydroxyl groups is 1. The van der Waals surface area contributed by atoms with Crippen molar-refractivity contribution in [1.82, 2.24) is 14.8 Å². The maximum absolute atomic E-state index is 13.9. The van der Waals surface area contributed by atoms with Crippen molar-refractivity contribution in [3.8, 4) is 10.4 Å². The number of nitrogens with zero attached hydrogens (tertiary/aromatic N) is 3. The van der Waals surface area contributed by atoms with Crippen molar-refractivity contribution in [2.24, 2.45) is 5.92 Å². The predicted octanol–water partition coefficient (Wildman–Crippen LogP) is 4.92. The quantitative estimate of drug-likeness (QED) is 0.419. The second kappa shape index (κ2) is 11.2. The molecule has 204 valence electrons. The number of fused-ring (bicyclic) bond motifs is 1. The second-order valence-electron chi connectivity index (χ2n) is 10.7. The number of aryl methyl sites for hydroxylation is 2. The lowest BCUT2D eigenvalue weighted by molar-refractivity contribution is -0.142. The highest BCUT2D eigenvalue weighted by atomic mass is 35.5. The van der Waals surface area contributed by atoms with Crippen LogP contribution in [-0.2, 0) is 22.6 Å². The van der Waals surface area contributed by atoms with E-state index in [1.54, 1.807) is 34.4 Å². The van der Waals surface area contributed by atoms with Crippen molar-refractivity contribution in [3.63, 3.8) is 0 Å². The highest BCUT2D eigenvalue weighted by Gasteiger charge is 2.45. The SMILES string of the molecule is Cc1ncsc1-c1ccc(CCC(=O)[C@@H]2C[C@@H](O)CN2C(=O)[C@H](C(C)C)N2Cc3cc(Cl)ccc3C2=O)cc1. The third-order valence-electron chi connectivity index (χ3n) is 7.67. The van der Waals surface area contributed by atoms with Gasteiger partial charge in [0, 0.05) is 36.5 Å². The first-order valence-corrected chi connectivity index (χ1v) is 14.5. The Balaban J connectivity index is 1.28. The third kappa shape index (κ3) is 5.51. The summed E-state index contributed by atoms with van der Waals surface area (Å²) >= 11 is 7.74. The monoisotopic (exact) mass is 565 g/mol. The molecule has 2 aliphatic heterocycles. The summed E-state index contributed by atoms with van der Waals surface area (Å²) in [5.74, 6) is -0.766. The minimum atomic E-state index is -0.775. The van der Waals surface area contributed by atoms with Crippen LogP contribution in [0.3, 0.4) is 0 Å².